The number of benzene rings is 2. The van der Waals surface area contributed by atoms with Crippen LogP contribution in [0.4, 0.5) is 17.6 Å². The number of oxime groups is 1. The molecule has 0 saturated carbocycles. The normalized spacial score (nSPS) is 17.5. The number of rotatable bonds is 5. The van der Waals surface area contributed by atoms with E-state index >= 15 is 0 Å². The van der Waals surface area contributed by atoms with Gasteiger partial charge in [0, 0.05) is 39.2 Å². The minimum Gasteiger partial charge on any atom is -0.374 e. The van der Waals surface area contributed by atoms with E-state index in [0.717, 1.165) is 12.1 Å². The molecular weight excluding hydrogens is 555 g/mol. The van der Waals surface area contributed by atoms with Crippen LogP contribution in [0, 0.1) is 5.82 Å². The summed E-state index contributed by atoms with van der Waals surface area (Å²) < 4.78 is 57.5. The Morgan fingerprint density at radius 1 is 1.14 bits per heavy atom. The van der Waals surface area contributed by atoms with Gasteiger partial charge in [-0.1, -0.05) is 34.4 Å². The fraction of sp³-hybridized carbons (Fsp3) is 0.167. The van der Waals surface area contributed by atoms with Crippen LogP contribution in [-0.2, 0) is 17.0 Å². The molecule has 0 fully saturated rings. The largest absolute Gasteiger partial charge is 0.435 e. The zero-order valence-corrected chi connectivity index (χ0v) is 20.8. The van der Waals surface area contributed by atoms with E-state index in [2.05, 4.69) is 20.4 Å². The molecule has 37 heavy (non-hydrogen) atoms. The zero-order chi connectivity index (χ0) is 26.4. The molecule has 1 N–H and O–H groups in total. The van der Waals surface area contributed by atoms with E-state index < -0.39 is 45.5 Å². The lowest BCUT2D eigenvalue weighted by molar-refractivity contribution is -0.275. The highest BCUT2D eigenvalue weighted by Crippen LogP contribution is 2.50. The maximum Gasteiger partial charge on any atom is 0.435 e. The molecule has 6 nitrogen and oxygen atoms in total. The van der Waals surface area contributed by atoms with Crippen LogP contribution in [0.15, 0.2) is 59.3 Å². The van der Waals surface area contributed by atoms with Gasteiger partial charge in [-0.05, 0) is 35.7 Å². The lowest BCUT2D eigenvalue weighted by atomic mass is 9.86. The van der Waals surface area contributed by atoms with Crippen LogP contribution in [0.5, 0.6) is 0 Å². The van der Waals surface area contributed by atoms with Gasteiger partial charge >= 0.3 is 6.18 Å². The third-order valence-electron chi connectivity index (χ3n) is 5.83. The number of amides is 1. The molecule has 0 saturated heterocycles. The third-order valence-corrected chi connectivity index (χ3v) is 7.33. The van der Waals surface area contributed by atoms with Crippen molar-refractivity contribution in [2.45, 2.75) is 24.7 Å². The van der Waals surface area contributed by atoms with Gasteiger partial charge in [0.2, 0.25) is 0 Å². The van der Waals surface area contributed by atoms with Gasteiger partial charge in [0.15, 0.2) is 5.82 Å². The van der Waals surface area contributed by atoms with Crippen LogP contribution < -0.4 is 5.32 Å². The number of hydrogen-bond acceptors (Lipinski definition) is 6. The van der Waals surface area contributed by atoms with Crippen molar-refractivity contribution in [2.24, 2.45) is 5.16 Å². The molecule has 2 aromatic heterocycles. The van der Waals surface area contributed by atoms with Crippen LogP contribution >= 0.6 is 34.5 Å². The summed E-state index contributed by atoms with van der Waals surface area (Å²) in [5, 5.41) is 7.63. The molecule has 3 heterocycles. The first kappa shape index (κ1) is 25.4. The van der Waals surface area contributed by atoms with E-state index in [0.29, 0.717) is 27.0 Å². The molecule has 0 radical (unpaired) electrons. The van der Waals surface area contributed by atoms with Gasteiger partial charge in [0.1, 0.15) is 5.82 Å². The molecule has 0 aliphatic carbocycles. The molecule has 4 aromatic rings. The fourth-order valence-corrected chi connectivity index (χ4v) is 5.45. The SMILES string of the molecule is O=C(NCc1ncccn1)c1ccc(C2=NOC(c3cc(Cl)c(F)c(Cl)c3)(C(F)(F)F)C2)c2sccc12. The van der Waals surface area contributed by atoms with Crippen LogP contribution in [0.25, 0.3) is 10.1 Å². The summed E-state index contributed by atoms with van der Waals surface area (Å²) in [6.45, 7) is 0.102. The highest BCUT2D eigenvalue weighted by molar-refractivity contribution is 7.17. The molecule has 0 spiro atoms. The monoisotopic (exact) mass is 568 g/mol. The van der Waals surface area contributed by atoms with E-state index in [9.17, 15) is 22.4 Å². The Hall–Kier alpha value is -3.28. The second-order valence-electron chi connectivity index (χ2n) is 8.06. The van der Waals surface area contributed by atoms with Crippen molar-refractivity contribution >= 4 is 56.2 Å². The third kappa shape index (κ3) is 4.51. The van der Waals surface area contributed by atoms with Crippen molar-refractivity contribution < 1.29 is 27.2 Å². The van der Waals surface area contributed by atoms with Gasteiger partial charge in [-0.2, -0.15) is 13.2 Å². The lowest BCUT2D eigenvalue weighted by Gasteiger charge is -2.29. The number of hydrogen-bond donors (Lipinski definition) is 1. The summed E-state index contributed by atoms with van der Waals surface area (Å²) in [6.07, 6.45) is -2.53. The quantitative estimate of drug-likeness (QED) is 0.216. The zero-order valence-electron chi connectivity index (χ0n) is 18.4. The molecule has 1 aliphatic heterocycles. The summed E-state index contributed by atoms with van der Waals surface area (Å²) in [5.74, 6) is -1.00. The first-order valence-corrected chi connectivity index (χ1v) is 12.3. The molecule has 1 atom stereocenters. The molecule has 1 unspecified atom stereocenters. The van der Waals surface area contributed by atoms with Crippen molar-refractivity contribution in [3.05, 3.63) is 92.5 Å². The topological polar surface area (TPSA) is 76.5 Å². The van der Waals surface area contributed by atoms with Gasteiger partial charge in [0.05, 0.1) is 28.7 Å². The molecule has 1 aliphatic rings. The Morgan fingerprint density at radius 3 is 2.51 bits per heavy atom. The number of thiophene rings is 1. The molecule has 5 rings (SSSR count). The first-order valence-electron chi connectivity index (χ1n) is 10.6. The van der Waals surface area contributed by atoms with Crippen molar-refractivity contribution in [2.75, 3.05) is 0 Å². The Morgan fingerprint density at radius 2 is 1.84 bits per heavy atom. The number of alkyl halides is 3. The molecular formula is C24H14Cl2F4N4O2S. The highest BCUT2D eigenvalue weighted by atomic mass is 35.5. The summed E-state index contributed by atoms with van der Waals surface area (Å²) in [4.78, 5) is 26.0. The second kappa shape index (κ2) is 9.55. The average Bonchev–Trinajstić information content (AvgIpc) is 3.54. The van der Waals surface area contributed by atoms with Crippen molar-refractivity contribution in [1.29, 1.82) is 0 Å². The van der Waals surface area contributed by atoms with Gasteiger partial charge in [-0.25, -0.2) is 14.4 Å². The lowest BCUT2D eigenvalue weighted by Crippen LogP contribution is -2.42. The molecule has 0 bridgehead atoms. The average molecular weight is 569 g/mol. The summed E-state index contributed by atoms with van der Waals surface area (Å²) >= 11 is 12.8. The standard InChI is InChI=1S/C24H14Cl2F4N4O2S/c25-16-8-12(9-17(26)20(16)27)23(24(28,29)30)10-18(34-36-23)15-3-2-14(13-4-7-37-21(13)15)22(35)33-11-19-31-5-1-6-32-19/h1-9H,10-11H2,(H,33,35). The van der Waals surface area contributed by atoms with Gasteiger partial charge in [-0.3, -0.25) is 4.79 Å². The summed E-state index contributed by atoms with van der Waals surface area (Å²) in [7, 11) is 0. The Labute approximate surface area is 220 Å². The summed E-state index contributed by atoms with van der Waals surface area (Å²) in [6, 6.07) is 8.05. The van der Waals surface area contributed by atoms with Crippen LogP contribution in [0.3, 0.4) is 0 Å². The number of nitrogens with one attached hydrogen (secondary N) is 1. The van der Waals surface area contributed by atoms with Crippen molar-refractivity contribution in [3.8, 4) is 0 Å². The van der Waals surface area contributed by atoms with E-state index in [1.54, 1.807) is 29.9 Å². The van der Waals surface area contributed by atoms with Crippen LogP contribution in [-0.4, -0.2) is 27.8 Å². The van der Waals surface area contributed by atoms with E-state index in [-0.39, 0.29) is 12.3 Å². The van der Waals surface area contributed by atoms with Crippen LogP contribution in [0.2, 0.25) is 10.0 Å². The molecule has 2 aromatic carbocycles. The summed E-state index contributed by atoms with van der Waals surface area (Å²) in [5.41, 5.74) is -2.69. The number of aromatic nitrogens is 2. The Balaban J connectivity index is 1.47. The van der Waals surface area contributed by atoms with Crippen LogP contribution in [0.1, 0.15) is 33.7 Å². The number of halogens is 6. The molecule has 1 amide bonds. The van der Waals surface area contributed by atoms with E-state index in [4.69, 9.17) is 28.0 Å². The maximum absolute atomic E-state index is 14.4. The Kier molecular flexibility index (Phi) is 6.55. The predicted molar refractivity (Wildman–Crippen MR) is 131 cm³/mol. The highest BCUT2D eigenvalue weighted by Gasteiger charge is 2.62. The smallest absolute Gasteiger partial charge is 0.374 e. The second-order valence-corrected chi connectivity index (χ2v) is 9.79. The Bertz CT molecular complexity index is 1520. The van der Waals surface area contributed by atoms with Gasteiger partial charge < -0.3 is 10.2 Å². The maximum atomic E-state index is 14.4. The number of fused-ring (bicyclic) bond motifs is 1. The fourth-order valence-electron chi connectivity index (χ4n) is 4.00. The van der Waals surface area contributed by atoms with E-state index in [1.807, 2.05) is 0 Å². The minimum atomic E-state index is -4.93. The van der Waals surface area contributed by atoms with Crippen molar-refractivity contribution in [3.63, 3.8) is 0 Å². The number of carbonyl (C=O) groups is 1. The predicted octanol–water partition coefficient (Wildman–Crippen LogP) is 6.65. The van der Waals surface area contributed by atoms with Gasteiger partial charge in [0.25, 0.3) is 11.5 Å². The molecule has 190 valence electrons. The van der Waals surface area contributed by atoms with Gasteiger partial charge in [-0.15, -0.1) is 11.3 Å². The first-order chi connectivity index (χ1) is 17.6. The van der Waals surface area contributed by atoms with E-state index in [1.165, 1.54) is 23.5 Å². The number of nitrogens with zero attached hydrogens (tertiary/aromatic N) is 3. The number of carbonyl (C=O) groups excluding carboxylic acids is 1. The minimum absolute atomic E-state index is 0.00555. The van der Waals surface area contributed by atoms with Crippen molar-refractivity contribution in [1.82, 2.24) is 15.3 Å². The molecule has 13 heteroatoms.